The molecule has 1 aromatic carbocycles. The fraction of sp³-hybridized carbons (Fsp3) is 0.538. The van der Waals surface area contributed by atoms with Crippen molar-refractivity contribution in [3.63, 3.8) is 0 Å². The average molecular weight is 383 g/mol. The molecule has 0 spiro atoms. The molecule has 1 unspecified atom stereocenters. The van der Waals surface area contributed by atoms with Crippen molar-refractivity contribution in [1.82, 2.24) is 0 Å². The molecular weight excluding hydrogens is 364 g/mol. The summed E-state index contributed by atoms with van der Waals surface area (Å²) in [6.07, 6.45) is 2.69. The van der Waals surface area contributed by atoms with Gasteiger partial charge in [0.05, 0.1) is 9.79 Å². The fourth-order valence-corrected chi connectivity index (χ4v) is 3.76. The number of halogens is 1. The molecule has 0 bridgehead atoms. The van der Waals surface area contributed by atoms with Crippen LogP contribution < -0.4 is 0 Å². The second kappa shape index (κ2) is 6.15. The minimum atomic E-state index is -3.47. The molecule has 1 rings (SSSR count). The van der Waals surface area contributed by atoms with Gasteiger partial charge in [0, 0.05) is 17.3 Å². The molecule has 0 aromatic heterocycles. The van der Waals surface area contributed by atoms with E-state index in [1.807, 2.05) is 13.8 Å². The summed E-state index contributed by atoms with van der Waals surface area (Å²) < 4.78 is 46.8. The maximum Gasteiger partial charge on any atom is 0.175 e. The van der Waals surface area contributed by atoms with E-state index in [1.165, 1.54) is 12.1 Å². The molecule has 0 amide bonds. The molecule has 20 heavy (non-hydrogen) atoms. The number of rotatable bonds is 5. The molecule has 1 aromatic rings. The zero-order chi connectivity index (χ0) is 15.7. The number of hydrogen-bond acceptors (Lipinski definition) is 4. The highest BCUT2D eigenvalue weighted by Gasteiger charge is 2.20. The lowest BCUT2D eigenvalue weighted by Gasteiger charge is -2.16. The van der Waals surface area contributed by atoms with Gasteiger partial charge in [0.2, 0.25) is 0 Å². The Labute approximate surface area is 129 Å². The summed E-state index contributed by atoms with van der Waals surface area (Å²) in [4.78, 5) is 0.245. The standard InChI is InChI=1S/C13H19BrO4S2/c1-9(2)12(14)7-10-5-6-11(19(3,15)16)8-13(10)20(4,17)18/h5-6,8-9,12H,7H2,1-4H3. The van der Waals surface area contributed by atoms with Crippen LogP contribution in [0.15, 0.2) is 28.0 Å². The second-order valence-electron chi connectivity index (χ2n) is 5.28. The van der Waals surface area contributed by atoms with Crippen LogP contribution in [0.3, 0.4) is 0 Å². The third-order valence-electron chi connectivity index (χ3n) is 3.00. The van der Waals surface area contributed by atoms with E-state index in [0.29, 0.717) is 17.9 Å². The van der Waals surface area contributed by atoms with Crippen molar-refractivity contribution in [2.45, 2.75) is 34.9 Å². The normalized spacial score (nSPS) is 14.5. The van der Waals surface area contributed by atoms with Crippen LogP contribution in [0, 0.1) is 5.92 Å². The highest BCUT2D eigenvalue weighted by molar-refractivity contribution is 9.09. The Morgan fingerprint density at radius 3 is 2.00 bits per heavy atom. The highest BCUT2D eigenvalue weighted by atomic mass is 79.9. The van der Waals surface area contributed by atoms with E-state index in [9.17, 15) is 16.8 Å². The van der Waals surface area contributed by atoms with Crippen LogP contribution in [0.2, 0.25) is 0 Å². The summed E-state index contributed by atoms with van der Waals surface area (Å²) in [5, 5.41) is 0. The summed E-state index contributed by atoms with van der Waals surface area (Å²) in [5.41, 5.74) is 0.635. The predicted octanol–water partition coefficient (Wildman–Crippen LogP) is 2.46. The van der Waals surface area contributed by atoms with Crippen LogP contribution in [0.4, 0.5) is 0 Å². The molecule has 0 N–H and O–H groups in total. The Balaban J connectivity index is 3.40. The molecule has 0 saturated heterocycles. The SMILES string of the molecule is CC(C)C(Br)Cc1ccc(S(C)(=O)=O)cc1S(C)(=O)=O. The molecule has 0 aliphatic rings. The quantitative estimate of drug-likeness (QED) is 0.733. The van der Waals surface area contributed by atoms with E-state index < -0.39 is 19.7 Å². The predicted molar refractivity (Wildman–Crippen MR) is 83.9 cm³/mol. The summed E-state index contributed by atoms with van der Waals surface area (Å²) >= 11 is 3.52. The van der Waals surface area contributed by atoms with Crippen LogP contribution in [0.1, 0.15) is 19.4 Å². The molecule has 0 aliphatic carbocycles. The van der Waals surface area contributed by atoms with E-state index in [0.717, 1.165) is 12.5 Å². The topological polar surface area (TPSA) is 68.3 Å². The van der Waals surface area contributed by atoms with Gasteiger partial charge in [-0.25, -0.2) is 16.8 Å². The third-order valence-corrected chi connectivity index (χ3v) is 6.67. The lowest BCUT2D eigenvalue weighted by Crippen LogP contribution is -2.14. The van der Waals surface area contributed by atoms with Crippen LogP contribution in [0.25, 0.3) is 0 Å². The van der Waals surface area contributed by atoms with Gasteiger partial charge in [0.15, 0.2) is 19.7 Å². The Morgan fingerprint density at radius 1 is 1.05 bits per heavy atom. The highest BCUT2D eigenvalue weighted by Crippen LogP contribution is 2.25. The smallest absolute Gasteiger partial charge is 0.175 e. The summed E-state index contributed by atoms with van der Waals surface area (Å²) in [7, 11) is -6.90. The van der Waals surface area contributed by atoms with Gasteiger partial charge in [0.25, 0.3) is 0 Å². The third kappa shape index (κ3) is 4.56. The van der Waals surface area contributed by atoms with Crippen molar-refractivity contribution < 1.29 is 16.8 Å². The van der Waals surface area contributed by atoms with Crippen LogP contribution in [-0.2, 0) is 26.1 Å². The molecule has 1 atom stereocenters. The number of hydrogen-bond donors (Lipinski definition) is 0. The first-order valence-electron chi connectivity index (χ1n) is 6.10. The van der Waals surface area contributed by atoms with Crippen molar-refractivity contribution in [2.24, 2.45) is 5.92 Å². The molecule has 0 saturated carbocycles. The van der Waals surface area contributed by atoms with Crippen molar-refractivity contribution in [3.8, 4) is 0 Å². The maximum absolute atomic E-state index is 11.9. The van der Waals surface area contributed by atoms with E-state index in [2.05, 4.69) is 15.9 Å². The van der Waals surface area contributed by atoms with Gasteiger partial charge in [-0.15, -0.1) is 0 Å². The molecular formula is C13H19BrO4S2. The Hall–Kier alpha value is -0.400. The molecule has 4 nitrogen and oxygen atoms in total. The first-order chi connectivity index (χ1) is 8.93. The van der Waals surface area contributed by atoms with Gasteiger partial charge in [0.1, 0.15) is 0 Å². The van der Waals surface area contributed by atoms with Crippen LogP contribution >= 0.6 is 15.9 Å². The monoisotopic (exact) mass is 382 g/mol. The Bertz CT molecular complexity index is 691. The van der Waals surface area contributed by atoms with Gasteiger partial charge < -0.3 is 0 Å². The number of sulfone groups is 2. The molecule has 114 valence electrons. The average Bonchev–Trinajstić information content (AvgIpc) is 2.26. The first-order valence-corrected chi connectivity index (χ1v) is 10.8. The minimum absolute atomic E-state index is 0.0253. The van der Waals surface area contributed by atoms with Gasteiger partial charge in [-0.1, -0.05) is 35.8 Å². The molecule has 0 heterocycles. The minimum Gasteiger partial charge on any atom is -0.224 e. The summed E-state index contributed by atoms with van der Waals surface area (Å²) in [5.74, 6) is 0.344. The maximum atomic E-state index is 11.9. The van der Waals surface area contributed by atoms with Gasteiger partial charge in [-0.05, 0) is 30.0 Å². The number of alkyl halides is 1. The fourth-order valence-electron chi connectivity index (χ4n) is 1.73. The molecule has 0 aliphatic heterocycles. The van der Waals surface area contributed by atoms with E-state index in [4.69, 9.17) is 0 Å². The summed E-state index contributed by atoms with van der Waals surface area (Å²) in [6.45, 7) is 4.06. The van der Waals surface area contributed by atoms with Crippen molar-refractivity contribution in [2.75, 3.05) is 12.5 Å². The van der Waals surface area contributed by atoms with Gasteiger partial charge >= 0.3 is 0 Å². The Morgan fingerprint density at radius 2 is 1.60 bits per heavy atom. The van der Waals surface area contributed by atoms with Crippen molar-refractivity contribution in [3.05, 3.63) is 23.8 Å². The van der Waals surface area contributed by atoms with Crippen molar-refractivity contribution in [1.29, 1.82) is 0 Å². The van der Waals surface area contributed by atoms with Gasteiger partial charge in [-0.2, -0.15) is 0 Å². The molecule has 7 heteroatoms. The summed E-state index contributed by atoms with van der Waals surface area (Å²) in [6, 6.07) is 4.29. The first kappa shape index (κ1) is 17.7. The van der Waals surface area contributed by atoms with Crippen LogP contribution in [0.5, 0.6) is 0 Å². The zero-order valence-electron chi connectivity index (χ0n) is 11.9. The Kier molecular flexibility index (Phi) is 5.43. The van der Waals surface area contributed by atoms with Gasteiger partial charge in [-0.3, -0.25) is 0 Å². The van der Waals surface area contributed by atoms with Crippen molar-refractivity contribution >= 4 is 35.6 Å². The van der Waals surface area contributed by atoms with E-state index in [-0.39, 0.29) is 14.6 Å². The molecule has 0 fully saturated rings. The molecule has 0 radical (unpaired) electrons. The van der Waals surface area contributed by atoms with E-state index >= 15 is 0 Å². The number of benzene rings is 1. The van der Waals surface area contributed by atoms with E-state index in [1.54, 1.807) is 6.07 Å². The lowest BCUT2D eigenvalue weighted by atomic mass is 10.0. The second-order valence-corrected chi connectivity index (χ2v) is 10.5. The largest absolute Gasteiger partial charge is 0.224 e. The van der Waals surface area contributed by atoms with Crippen LogP contribution in [-0.4, -0.2) is 34.2 Å². The zero-order valence-corrected chi connectivity index (χ0v) is 15.1. The lowest BCUT2D eigenvalue weighted by molar-refractivity contribution is 0.591.